The number of amides is 1. The SMILES string of the molecule is COCCNC(=O)C1(n2ccnc2)CCN(Cc2ccccc2Cl)CC1.O=CO.O=CO. The lowest BCUT2D eigenvalue weighted by molar-refractivity contribution is -0.133. The number of ether oxygens (including phenoxy) is 1. The average Bonchev–Trinajstić information content (AvgIpc) is 3.33. The molecule has 3 N–H and O–H groups in total. The maximum absolute atomic E-state index is 13.0. The van der Waals surface area contributed by atoms with Crippen LogP contribution in [0.2, 0.25) is 5.02 Å². The number of carboxylic acid groups (broad SMARTS) is 2. The van der Waals surface area contributed by atoms with Gasteiger partial charge in [0, 0.05) is 50.7 Å². The van der Waals surface area contributed by atoms with Gasteiger partial charge in [-0.3, -0.25) is 19.3 Å². The predicted octanol–water partition coefficient (Wildman–Crippen LogP) is 1.69. The molecular formula is C21H29ClN4O6. The average molecular weight is 469 g/mol. The number of carbonyl (C=O) groups is 3. The number of hydrogen-bond acceptors (Lipinski definition) is 6. The zero-order valence-electron chi connectivity index (χ0n) is 17.9. The van der Waals surface area contributed by atoms with Gasteiger partial charge in [-0.1, -0.05) is 29.8 Å². The Morgan fingerprint density at radius 3 is 2.41 bits per heavy atom. The number of nitrogens with one attached hydrogen (secondary N) is 1. The number of hydrogen-bond donors (Lipinski definition) is 3. The smallest absolute Gasteiger partial charge is 0.290 e. The van der Waals surface area contributed by atoms with E-state index in [2.05, 4.69) is 21.3 Å². The number of aromatic nitrogens is 2. The van der Waals surface area contributed by atoms with Gasteiger partial charge in [0.25, 0.3) is 12.9 Å². The molecule has 2 aromatic rings. The van der Waals surface area contributed by atoms with E-state index in [1.54, 1.807) is 19.6 Å². The van der Waals surface area contributed by atoms with E-state index in [-0.39, 0.29) is 18.9 Å². The number of benzene rings is 1. The van der Waals surface area contributed by atoms with Gasteiger partial charge < -0.3 is 24.8 Å². The van der Waals surface area contributed by atoms with Crippen molar-refractivity contribution in [2.75, 3.05) is 33.4 Å². The minimum Gasteiger partial charge on any atom is -0.483 e. The van der Waals surface area contributed by atoms with E-state index in [1.165, 1.54) is 0 Å². The summed E-state index contributed by atoms with van der Waals surface area (Å²) in [6, 6.07) is 7.91. The van der Waals surface area contributed by atoms with Gasteiger partial charge in [-0.05, 0) is 24.5 Å². The molecule has 1 aromatic carbocycles. The summed E-state index contributed by atoms with van der Waals surface area (Å²) in [7, 11) is 1.63. The van der Waals surface area contributed by atoms with E-state index >= 15 is 0 Å². The molecule has 1 amide bonds. The van der Waals surface area contributed by atoms with Crippen molar-refractivity contribution in [1.82, 2.24) is 19.8 Å². The number of imidazole rings is 1. The lowest BCUT2D eigenvalue weighted by atomic mass is 9.85. The van der Waals surface area contributed by atoms with Crippen molar-refractivity contribution in [1.29, 1.82) is 0 Å². The molecule has 10 nitrogen and oxygen atoms in total. The van der Waals surface area contributed by atoms with Crippen LogP contribution in [0.15, 0.2) is 43.0 Å². The minimum absolute atomic E-state index is 0.0324. The molecule has 1 aliphatic rings. The Labute approximate surface area is 191 Å². The van der Waals surface area contributed by atoms with Gasteiger partial charge in [0.2, 0.25) is 5.91 Å². The fourth-order valence-electron chi connectivity index (χ4n) is 3.49. The molecule has 0 aliphatic carbocycles. The highest BCUT2D eigenvalue weighted by atomic mass is 35.5. The van der Waals surface area contributed by atoms with Crippen LogP contribution in [0.5, 0.6) is 0 Å². The fraction of sp³-hybridized carbons (Fsp3) is 0.429. The highest BCUT2D eigenvalue weighted by Gasteiger charge is 2.42. The Balaban J connectivity index is 0.000000769. The summed E-state index contributed by atoms with van der Waals surface area (Å²) in [4.78, 5) is 36.2. The highest BCUT2D eigenvalue weighted by molar-refractivity contribution is 6.31. The summed E-state index contributed by atoms with van der Waals surface area (Å²) in [5.74, 6) is 0.0324. The molecule has 0 bridgehead atoms. The van der Waals surface area contributed by atoms with Crippen molar-refractivity contribution in [2.24, 2.45) is 0 Å². The second-order valence-electron chi connectivity index (χ2n) is 6.83. The summed E-state index contributed by atoms with van der Waals surface area (Å²) < 4.78 is 6.99. The van der Waals surface area contributed by atoms with Gasteiger partial charge in [-0.15, -0.1) is 0 Å². The zero-order chi connectivity index (χ0) is 23.8. The van der Waals surface area contributed by atoms with Gasteiger partial charge in [0.1, 0.15) is 5.54 Å². The first kappa shape index (κ1) is 27.1. The molecule has 0 saturated carbocycles. The van der Waals surface area contributed by atoms with Gasteiger partial charge >= 0.3 is 0 Å². The van der Waals surface area contributed by atoms with Crippen LogP contribution in [0.25, 0.3) is 0 Å². The first-order valence-corrected chi connectivity index (χ1v) is 10.2. The molecule has 1 fully saturated rings. The van der Waals surface area contributed by atoms with Crippen LogP contribution >= 0.6 is 11.6 Å². The van der Waals surface area contributed by atoms with Gasteiger partial charge in [0.05, 0.1) is 12.9 Å². The predicted molar refractivity (Wildman–Crippen MR) is 118 cm³/mol. The van der Waals surface area contributed by atoms with Crippen molar-refractivity contribution in [3.8, 4) is 0 Å². The van der Waals surface area contributed by atoms with E-state index < -0.39 is 5.54 Å². The second-order valence-corrected chi connectivity index (χ2v) is 7.24. The number of nitrogens with zero attached hydrogens (tertiary/aromatic N) is 3. The number of likely N-dealkylation sites (tertiary alicyclic amines) is 1. The number of methoxy groups -OCH3 is 1. The van der Waals surface area contributed by atoms with E-state index in [0.29, 0.717) is 13.2 Å². The van der Waals surface area contributed by atoms with Crippen molar-refractivity contribution >= 4 is 30.5 Å². The summed E-state index contributed by atoms with van der Waals surface area (Å²) in [5.41, 5.74) is 0.523. The molecule has 0 atom stereocenters. The van der Waals surface area contributed by atoms with E-state index in [0.717, 1.165) is 43.1 Å². The Morgan fingerprint density at radius 1 is 1.25 bits per heavy atom. The standard InChI is InChI=1S/C19H25ClN4O2.2CH2O2/c1-26-13-9-22-18(25)19(24-12-8-21-15-24)6-10-23(11-7-19)14-16-4-2-3-5-17(16)20;2*2-1-3/h2-5,8,12,15H,6-7,9-11,13-14H2,1H3,(H,22,25);2*1H,(H,2,3). The van der Waals surface area contributed by atoms with Crippen molar-refractivity contribution in [2.45, 2.75) is 24.9 Å². The normalized spacial score (nSPS) is 14.7. The summed E-state index contributed by atoms with van der Waals surface area (Å²) >= 11 is 6.29. The van der Waals surface area contributed by atoms with Crippen molar-refractivity contribution < 1.29 is 29.3 Å². The largest absolute Gasteiger partial charge is 0.483 e. The molecule has 32 heavy (non-hydrogen) atoms. The molecule has 0 radical (unpaired) electrons. The Bertz CT molecular complexity index is 804. The monoisotopic (exact) mass is 468 g/mol. The molecule has 11 heteroatoms. The minimum atomic E-state index is -0.596. The molecule has 0 spiro atoms. The highest BCUT2D eigenvalue weighted by Crippen LogP contribution is 2.31. The lowest BCUT2D eigenvalue weighted by Crippen LogP contribution is -2.55. The van der Waals surface area contributed by atoms with Gasteiger partial charge in [0.15, 0.2) is 0 Å². The molecule has 1 aromatic heterocycles. The van der Waals surface area contributed by atoms with Crippen molar-refractivity contribution in [3.63, 3.8) is 0 Å². The summed E-state index contributed by atoms with van der Waals surface area (Å²) in [6.45, 7) is 2.95. The van der Waals surface area contributed by atoms with E-state index in [1.807, 2.05) is 29.0 Å². The van der Waals surface area contributed by atoms with Crippen LogP contribution in [-0.2, 0) is 31.2 Å². The van der Waals surface area contributed by atoms with Crippen molar-refractivity contribution in [3.05, 3.63) is 53.6 Å². The second kappa shape index (κ2) is 15.0. The van der Waals surface area contributed by atoms with Gasteiger partial charge in [-0.2, -0.15) is 0 Å². The maximum atomic E-state index is 13.0. The van der Waals surface area contributed by atoms with Crippen LogP contribution in [0, 0.1) is 0 Å². The number of piperidine rings is 1. The fourth-order valence-corrected chi connectivity index (χ4v) is 3.69. The third-order valence-corrected chi connectivity index (χ3v) is 5.42. The Kier molecular flexibility index (Phi) is 12.7. The molecule has 1 aliphatic heterocycles. The Morgan fingerprint density at radius 2 is 1.88 bits per heavy atom. The number of carbonyl (C=O) groups excluding carboxylic acids is 1. The first-order valence-electron chi connectivity index (χ1n) is 9.86. The number of rotatable bonds is 7. The lowest BCUT2D eigenvalue weighted by Gasteiger charge is -2.41. The first-order chi connectivity index (χ1) is 15.5. The van der Waals surface area contributed by atoms with Crippen LogP contribution in [0.4, 0.5) is 0 Å². The van der Waals surface area contributed by atoms with E-state index in [9.17, 15) is 4.79 Å². The molecule has 0 unspecified atom stereocenters. The topological polar surface area (TPSA) is 134 Å². The summed E-state index contributed by atoms with van der Waals surface area (Å²) in [5, 5.41) is 17.6. The zero-order valence-corrected chi connectivity index (χ0v) is 18.6. The number of halogens is 1. The molecular weight excluding hydrogens is 440 g/mol. The molecule has 1 saturated heterocycles. The molecule has 176 valence electrons. The van der Waals surface area contributed by atoms with Crippen LogP contribution < -0.4 is 5.32 Å². The quantitative estimate of drug-likeness (QED) is 0.413. The molecule has 2 heterocycles. The molecule has 3 rings (SSSR count). The maximum Gasteiger partial charge on any atom is 0.290 e. The van der Waals surface area contributed by atoms with Crippen LogP contribution in [0.1, 0.15) is 18.4 Å². The summed E-state index contributed by atoms with van der Waals surface area (Å²) in [6.07, 6.45) is 6.79. The Hall–Kier alpha value is -2.95. The van der Waals surface area contributed by atoms with Crippen LogP contribution in [0.3, 0.4) is 0 Å². The van der Waals surface area contributed by atoms with Gasteiger partial charge in [-0.25, -0.2) is 4.98 Å². The third kappa shape index (κ3) is 7.95. The third-order valence-electron chi connectivity index (χ3n) is 5.05. The van der Waals surface area contributed by atoms with E-state index in [4.69, 9.17) is 36.1 Å². The van der Waals surface area contributed by atoms with Crippen LogP contribution in [-0.4, -0.2) is 76.9 Å².